The molecule has 0 bridgehead atoms. The van der Waals surface area contributed by atoms with Crippen LogP contribution in [0.2, 0.25) is 0 Å². The molecule has 2 aliphatic heterocycles. The van der Waals surface area contributed by atoms with E-state index in [0.29, 0.717) is 37.0 Å². The smallest absolute Gasteiger partial charge is 0.255 e. The van der Waals surface area contributed by atoms with Gasteiger partial charge in [0.15, 0.2) is 0 Å². The highest BCUT2D eigenvalue weighted by molar-refractivity contribution is 5.95. The normalized spacial score (nSPS) is 20.2. The number of carbonyl (C=O) groups is 2. The molecule has 1 aromatic carbocycles. The van der Waals surface area contributed by atoms with Crippen molar-refractivity contribution in [2.45, 2.75) is 83.4 Å². The second-order valence-corrected chi connectivity index (χ2v) is 13.9. The van der Waals surface area contributed by atoms with Crippen LogP contribution in [-0.4, -0.2) is 78.7 Å². The van der Waals surface area contributed by atoms with Crippen molar-refractivity contribution < 1.29 is 14.7 Å². The topological polar surface area (TPSA) is 109 Å². The molecular formula is C35H44N6O3. The van der Waals surface area contributed by atoms with Gasteiger partial charge in [-0.25, -0.2) is 4.52 Å². The first-order valence-corrected chi connectivity index (χ1v) is 16.3. The number of carbonyl (C=O) groups excluding carboxylic acids is 2. The second-order valence-electron chi connectivity index (χ2n) is 13.9. The molecule has 7 rings (SSSR count). The van der Waals surface area contributed by atoms with Gasteiger partial charge in [-0.2, -0.15) is 5.10 Å². The van der Waals surface area contributed by atoms with Gasteiger partial charge in [-0.15, -0.1) is 0 Å². The van der Waals surface area contributed by atoms with Crippen molar-refractivity contribution in [3.63, 3.8) is 0 Å². The Labute approximate surface area is 258 Å². The summed E-state index contributed by atoms with van der Waals surface area (Å²) in [6.07, 6.45) is 8.00. The Kier molecular flexibility index (Phi) is 7.28. The number of fused-ring (bicyclic) bond motifs is 2. The van der Waals surface area contributed by atoms with Crippen LogP contribution in [0.1, 0.15) is 79.8 Å². The molecule has 0 spiro atoms. The number of benzene rings is 1. The largest absolute Gasteiger partial charge is 0.381 e. The molecule has 0 unspecified atom stereocenters. The van der Waals surface area contributed by atoms with Crippen molar-refractivity contribution in [3.05, 3.63) is 59.3 Å². The molecule has 3 aromatic heterocycles. The molecule has 4 aromatic rings. The fourth-order valence-electron chi connectivity index (χ4n) is 7.33. The van der Waals surface area contributed by atoms with Crippen LogP contribution in [0.5, 0.6) is 0 Å². The maximum absolute atomic E-state index is 13.3. The standard InChI is InChI=1S/C35H44N6O3/c1-22-29-12-11-26(33(42)39-15-5-7-27(36)21-39)20-41(29)37-31(22)30-18-25-6-4-8-28(32(25)40(30)19-23-9-10-23)24-13-16-38(17-14-24)34(43)35(2,3)44/h4,6,8,11-12,18,20,23-24,27,44H,5,7,9-10,13-17,19,21,36H2,1-3H3/t27-/m1/s1. The Bertz CT molecular complexity index is 1730. The molecule has 3 aliphatic rings. The van der Waals surface area contributed by atoms with Gasteiger partial charge in [-0.3, -0.25) is 9.59 Å². The minimum atomic E-state index is -1.35. The Morgan fingerprint density at radius 1 is 1.02 bits per heavy atom. The average molecular weight is 597 g/mol. The number of hydrogen-bond donors (Lipinski definition) is 2. The molecule has 1 atom stereocenters. The van der Waals surface area contributed by atoms with Gasteiger partial charge in [0.05, 0.1) is 22.3 Å². The number of likely N-dealkylation sites (tertiary alicyclic amines) is 2. The van der Waals surface area contributed by atoms with Crippen molar-refractivity contribution in [3.8, 4) is 11.4 Å². The van der Waals surface area contributed by atoms with Crippen LogP contribution in [0.15, 0.2) is 42.6 Å². The van der Waals surface area contributed by atoms with Gasteiger partial charge in [-0.1, -0.05) is 18.2 Å². The highest BCUT2D eigenvalue weighted by Gasteiger charge is 2.34. The van der Waals surface area contributed by atoms with E-state index in [1.807, 2.05) is 32.6 Å². The molecule has 0 radical (unpaired) electrons. The van der Waals surface area contributed by atoms with Crippen LogP contribution in [0.3, 0.4) is 0 Å². The Hall–Kier alpha value is -3.69. The van der Waals surface area contributed by atoms with Crippen LogP contribution in [0.4, 0.5) is 0 Å². The van der Waals surface area contributed by atoms with Gasteiger partial charge < -0.3 is 25.2 Å². The van der Waals surface area contributed by atoms with E-state index in [4.69, 9.17) is 10.8 Å². The van der Waals surface area contributed by atoms with E-state index >= 15 is 0 Å². The third-order valence-corrected chi connectivity index (χ3v) is 9.95. The number of amides is 2. The fourth-order valence-corrected chi connectivity index (χ4v) is 7.33. The molecule has 1 aliphatic carbocycles. The zero-order chi connectivity index (χ0) is 30.7. The van der Waals surface area contributed by atoms with Gasteiger partial charge in [0.1, 0.15) is 11.3 Å². The lowest BCUT2D eigenvalue weighted by Crippen LogP contribution is -2.48. The molecule has 1 saturated carbocycles. The van der Waals surface area contributed by atoms with Crippen molar-refractivity contribution in [1.82, 2.24) is 24.0 Å². The van der Waals surface area contributed by atoms with Gasteiger partial charge in [-0.05, 0) is 94.9 Å². The number of aromatic nitrogens is 3. The summed E-state index contributed by atoms with van der Waals surface area (Å²) in [6.45, 7) is 8.85. The average Bonchev–Trinajstić information content (AvgIpc) is 3.68. The maximum atomic E-state index is 13.3. The molecule has 2 amide bonds. The van der Waals surface area contributed by atoms with Crippen LogP contribution < -0.4 is 5.73 Å². The number of para-hydroxylation sites is 1. The SMILES string of the molecule is Cc1c(-c2cc3cccc(C4CCN(C(=O)C(C)(C)O)CC4)c3n2CC2CC2)nn2cc(C(=O)N3CCC[C@@H](N)C3)ccc12. The van der Waals surface area contributed by atoms with E-state index < -0.39 is 5.60 Å². The number of hydrogen-bond acceptors (Lipinski definition) is 5. The van der Waals surface area contributed by atoms with Gasteiger partial charge in [0.2, 0.25) is 0 Å². The molecule has 9 nitrogen and oxygen atoms in total. The number of piperidine rings is 2. The maximum Gasteiger partial charge on any atom is 0.255 e. The number of aliphatic hydroxyl groups is 1. The zero-order valence-corrected chi connectivity index (χ0v) is 26.1. The summed E-state index contributed by atoms with van der Waals surface area (Å²) in [5.41, 5.74) is 12.2. The van der Waals surface area contributed by atoms with E-state index in [2.05, 4.69) is 35.8 Å². The number of aryl methyl sites for hydroxylation is 1. The summed E-state index contributed by atoms with van der Waals surface area (Å²) in [7, 11) is 0. The van der Waals surface area contributed by atoms with E-state index in [1.54, 1.807) is 13.8 Å². The Balaban J connectivity index is 1.24. The minimum Gasteiger partial charge on any atom is -0.381 e. The van der Waals surface area contributed by atoms with Crippen LogP contribution in [0, 0.1) is 12.8 Å². The molecular weight excluding hydrogens is 552 g/mol. The Morgan fingerprint density at radius 2 is 1.80 bits per heavy atom. The summed E-state index contributed by atoms with van der Waals surface area (Å²) in [5.74, 6) is 0.824. The molecule has 3 N–H and O–H groups in total. The lowest BCUT2D eigenvalue weighted by molar-refractivity contribution is -0.148. The van der Waals surface area contributed by atoms with E-state index in [1.165, 1.54) is 29.3 Å². The van der Waals surface area contributed by atoms with Crippen LogP contribution in [-0.2, 0) is 11.3 Å². The van der Waals surface area contributed by atoms with Gasteiger partial charge in [0.25, 0.3) is 11.8 Å². The monoisotopic (exact) mass is 596 g/mol. The van der Waals surface area contributed by atoms with E-state index in [-0.39, 0.29) is 17.9 Å². The van der Waals surface area contributed by atoms with Gasteiger partial charge >= 0.3 is 0 Å². The Morgan fingerprint density at radius 3 is 2.50 bits per heavy atom. The quantitative estimate of drug-likeness (QED) is 0.335. The first-order chi connectivity index (χ1) is 21.1. The van der Waals surface area contributed by atoms with Crippen molar-refractivity contribution in [1.29, 1.82) is 0 Å². The molecule has 232 valence electrons. The summed E-state index contributed by atoms with van der Waals surface area (Å²) in [4.78, 5) is 29.7. The van der Waals surface area contributed by atoms with E-state index in [9.17, 15) is 14.7 Å². The fraction of sp³-hybridized carbons (Fsp3) is 0.514. The second kappa shape index (κ2) is 11.0. The number of nitrogens with two attached hydrogens (primary N) is 1. The first kappa shape index (κ1) is 29.0. The number of nitrogens with zero attached hydrogens (tertiary/aromatic N) is 5. The number of rotatable bonds is 6. The summed E-state index contributed by atoms with van der Waals surface area (Å²) in [6, 6.07) is 12.9. The predicted octanol–water partition coefficient (Wildman–Crippen LogP) is 4.71. The third-order valence-electron chi connectivity index (χ3n) is 9.95. The summed E-state index contributed by atoms with van der Waals surface area (Å²) >= 11 is 0. The highest BCUT2D eigenvalue weighted by Crippen LogP contribution is 2.41. The minimum absolute atomic E-state index is 0.0135. The lowest BCUT2D eigenvalue weighted by atomic mass is 9.87. The number of pyridine rings is 1. The third kappa shape index (κ3) is 5.30. The summed E-state index contributed by atoms with van der Waals surface area (Å²) < 4.78 is 4.36. The van der Waals surface area contributed by atoms with Crippen molar-refractivity contribution in [2.75, 3.05) is 26.2 Å². The van der Waals surface area contributed by atoms with E-state index in [0.717, 1.165) is 61.2 Å². The molecule has 9 heteroatoms. The zero-order valence-electron chi connectivity index (χ0n) is 26.1. The lowest BCUT2D eigenvalue weighted by Gasteiger charge is -2.35. The molecule has 2 saturated heterocycles. The molecule has 5 heterocycles. The predicted molar refractivity (Wildman–Crippen MR) is 172 cm³/mol. The summed E-state index contributed by atoms with van der Waals surface area (Å²) in [5, 5.41) is 16.6. The highest BCUT2D eigenvalue weighted by atomic mass is 16.3. The van der Waals surface area contributed by atoms with Crippen LogP contribution >= 0.6 is 0 Å². The van der Waals surface area contributed by atoms with Crippen molar-refractivity contribution >= 4 is 28.2 Å². The van der Waals surface area contributed by atoms with Crippen molar-refractivity contribution in [2.24, 2.45) is 11.7 Å². The molecule has 44 heavy (non-hydrogen) atoms. The van der Waals surface area contributed by atoms with Crippen LogP contribution in [0.25, 0.3) is 27.8 Å². The first-order valence-electron chi connectivity index (χ1n) is 16.3. The molecule has 3 fully saturated rings. The van der Waals surface area contributed by atoms with Gasteiger partial charge in [0, 0.05) is 55.9 Å².